The Morgan fingerprint density at radius 2 is 1.73 bits per heavy atom. The molecular formula is C26H32N2O5. The lowest BCUT2D eigenvalue weighted by atomic mass is 9.95. The molecule has 0 bridgehead atoms. The Bertz CT molecular complexity index is 1010. The van der Waals surface area contributed by atoms with Gasteiger partial charge in [0.1, 0.15) is 0 Å². The van der Waals surface area contributed by atoms with Crippen molar-refractivity contribution < 1.29 is 29.1 Å². The fourth-order valence-corrected chi connectivity index (χ4v) is 4.20. The van der Waals surface area contributed by atoms with Crippen LogP contribution in [0.1, 0.15) is 37.9 Å². The van der Waals surface area contributed by atoms with E-state index in [-0.39, 0.29) is 5.57 Å². The lowest BCUT2D eigenvalue weighted by Gasteiger charge is -2.29. The molecule has 7 heteroatoms. The normalized spacial score (nSPS) is 17.6. The van der Waals surface area contributed by atoms with E-state index in [0.717, 1.165) is 13.1 Å². The summed E-state index contributed by atoms with van der Waals surface area (Å²) in [6.07, 6.45) is 0. The van der Waals surface area contributed by atoms with Crippen LogP contribution < -0.4 is 19.5 Å². The van der Waals surface area contributed by atoms with Crippen LogP contribution in [0.25, 0.3) is 5.76 Å². The number of ether oxygens (including phenoxy) is 2. The molecule has 1 atom stereocenters. The number of rotatable bonds is 10. The molecule has 0 aromatic heterocycles. The first-order valence-electron chi connectivity index (χ1n) is 11.4. The summed E-state index contributed by atoms with van der Waals surface area (Å²) in [5, 5.41) is 13.4. The molecule has 1 aliphatic heterocycles. The second kappa shape index (κ2) is 11.0. The quantitative estimate of drug-likeness (QED) is 0.333. The van der Waals surface area contributed by atoms with Crippen LogP contribution in [0, 0.1) is 0 Å². The van der Waals surface area contributed by atoms with Crippen molar-refractivity contribution in [3.8, 4) is 11.5 Å². The van der Waals surface area contributed by atoms with Gasteiger partial charge in [-0.2, -0.15) is 0 Å². The summed E-state index contributed by atoms with van der Waals surface area (Å²) in [6.45, 7) is 9.39. The molecule has 1 unspecified atom stereocenters. The van der Waals surface area contributed by atoms with E-state index in [9.17, 15) is 14.7 Å². The fourth-order valence-electron chi connectivity index (χ4n) is 4.20. The monoisotopic (exact) mass is 452 g/mol. The number of hydrogen-bond donors (Lipinski definition) is 1. The molecule has 1 fully saturated rings. The maximum Gasteiger partial charge on any atom is 0.295 e. The van der Waals surface area contributed by atoms with E-state index in [1.165, 1.54) is 16.9 Å². The number of quaternary nitrogens is 1. The largest absolute Gasteiger partial charge is 0.872 e. The van der Waals surface area contributed by atoms with Crippen molar-refractivity contribution >= 4 is 17.4 Å². The van der Waals surface area contributed by atoms with Gasteiger partial charge in [0.15, 0.2) is 11.5 Å². The average molecular weight is 453 g/mol. The maximum atomic E-state index is 13.4. The van der Waals surface area contributed by atoms with Gasteiger partial charge in [0.2, 0.25) is 5.78 Å². The molecule has 176 valence electrons. The van der Waals surface area contributed by atoms with E-state index in [1.54, 1.807) is 48.5 Å². The van der Waals surface area contributed by atoms with Gasteiger partial charge in [-0.15, -0.1) is 0 Å². The standard InChI is InChI=1S/C26H32N2O5/c1-5-27(6-2)15-16-28-23(19-13-14-20(33-7-3)21(17-19)32-4)22(25(30)26(28)31)24(29)18-11-9-8-10-12-18/h8-14,17,23,29H,5-7,15-16H2,1-4H3. The minimum atomic E-state index is -0.780. The summed E-state index contributed by atoms with van der Waals surface area (Å²) in [6, 6.07) is 13.1. The highest BCUT2D eigenvalue weighted by atomic mass is 16.5. The van der Waals surface area contributed by atoms with Crippen molar-refractivity contribution in [2.45, 2.75) is 26.8 Å². The molecule has 7 nitrogen and oxygen atoms in total. The summed E-state index contributed by atoms with van der Waals surface area (Å²) in [4.78, 5) is 29.0. The van der Waals surface area contributed by atoms with Gasteiger partial charge in [0, 0.05) is 5.57 Å². The smallest absolute Gasteiger partial charge is 0.295 e. The predicted molar refractivity (Wildman–Crippen MR) is 124 cm³/mol. The molecule has 1 N–H and O–H groups in total. The summed E-state index contributed by atoms with van der Waals surface area (Å²) in [5.74, 6) is -0.754. The average Bonchev–Trinajstić information content (AvgIpc) is 3.10. The highest BCUT2D eigenvalue weighted by molar-refractivity contribution is 6.46. The number of carbonyl (C=O) groups excluding carboxylic acids is 2. The van der Waals surface area contributed by atoms with Crippen molar-refractivity contribution in [3.63, 3.8) is 0 Å². The minimum absolute atomic E-state index is 0.0213. The van der Waals surface area contributed by atoms with Crippen LogP contribution in [0.3, 0.4) is 0 Å². The molecule has 1 saturated heterocycles. The zero-order chi connectivity index (χ0) is 24.0. The maximum absolute atomic E-state index is 13.4. The van der Waals surface area contributed by atoms with E-state index in [0.29, 0.717) is 42.3 Å². The summed E-state index contributed by atoms with van der Waals surface area (Å²) in [7, 11) is 1.54. The Morgan fingerprint density at radius 3 is 2.33 bits per heavy atom. The number of ketones is 1. The molecule has 0 spiro atoms. The van der Waals surface area contributed by atoms with Crippen LogP contribution in [0.2, 0.25) is 0 Å². The Balaban J connectivity index is 2.13. The molecule has 0 radical (unpaired) electrons. The first-order chi connectivity index (χ1) is 16.0. The molecule has 3 rings (SSSR count). The zero-order valence-corrected chi connectivity index (χ0v) is 19.7. The van der Waals surface area contributed by atoms with E-state index >= 15 is 0 Å². The van der Waals surface area contributed by atoms with E-state index in [2.05, 4.69) is 13.8 Å². The lowest BCUT2D eigenvalue weighted by molar-refractivity contribution is -0.895. The Labute approximate surface area is 195 Å². The molecule has 1 amide bonds. The van der Waals surface area contributed by atoms with Crippen molar-refractivity contribution in [2.75, 3.05) is 39.9 Å². The Morgan fingerprint density at radius 1 is 1.03 bits per heavy atom. The van der Waals surface area contributed by atoms with Crippen molar-refractivity contribution in [1.82, 2.24) is 4.90 Å². The number of hydrogen-bond acceptors (Lipinski definition) is 5. The molecule has 0 saturated carbocycles. The van der Waals surface area contributed by atoms with Crippen molar-refractivity contribution in [3.05, 3.63) is 65.2 Å². The summed E-state index contributed by atoms with van der Waals surface area (Å²) >= 11 is 0. The number of nitrogens with one attached hydrogen (secondary N) is 1. The van der Waals surface area contributed by atoms with Gasteiger partial charge in [-0.3, -0.25) is 9.59 Å². The lowest BCUT2D eigenvalue weighted by Crippen LogP contribution is -3.12. The second-order valence-corrected chi connectivity index (χ2v) is 7.89. The predicted octanol–water partition coefficient (Wildman–Crippen LogP) is 1.24. The number of Topliss-reactive ketones (excluding diaryl/α,β-unsaturated/α-hetero) is 1. The van der Waals surface area contributed by atoms with Crippen LogP contribution >= 0.6 is 0 Å². The number of benzene rings is 2. The Hall–Kier alpha value is -3.32. The molecule has 2 aromatic rings. The third kappa shape index (κ3) is 5.03. The first-order valence-corrected chi connectivity index (χ1v) is 11.4. The van der Waals surface area contributed by atoms with Crippen LogP contribution in [0.4, 0.5) is 0 Å². The van der Waals surface area contributed by atoms with E-state index < -0.39 is 23.5 Å². The van der Waals surface area contributed by atoms with E-state index in [4.69, 9.17) is 9.47 Å². The zero-order valence-electron chi connectivity index (χ0n) is 19.7. The van der Waals surface area contributed by atoms with Gasteiger partial charge in [-0.25, -0.2) is 0 Å². The topological polar surface area (TPSA) is 83.3 Å². The van der Waals surface area contributed by atoms with Crippen LogP contribution in [-0.2, 0) is 9.59 Å². The molecule has 33 heavy (non-hydrogen) atoms. The number of methoxy groups -OCH3 is 1. The summed E-state index contributed by atoms with van der Waals surface area (Å²) in [5.41, 5.74) is 1.00. The van der Waals surface area contributed by atoms with Crippen LogP contribution in [0.5, 0.6) is 11.5 Å². The molecular weight excluding hydrogens is 420 g/mol. The van der Waals surface area contributed by atoms with Gasteiger partial charge in [0.05, 0.1) is 45.9 Å². The molecule has 0 aliphatic carbocycles. The van der Waals surface area contributed by atoms with Gasteiger partial charge in [-0.1, -0.05) is 42.2 Å². The van der Waals surface area contributed by atoms with Crippen molar-refractivity contribution in [1.29, 1.82) is 0 Å². The molecule has 2 aromatic carbocycles. The van der Waals surface area contributed by atoms with Crippen LogP contribution in [0.15, 0.2) is 54.1 Å². The third-order valence-corrected chi connectivity index (χ3v) is 6.07. The van der Waals surface area contributed by atoms with Crippen LogP contribution in [-0.4, -0.2) is 56.5 Å². The fraction of sp³-hybridized carbons (Fsp3) is 0.385. The minimum Gasteiger partial charge on any atom is -0.872 e. The van der Waals surface area contributed by atoms with Gasteiger partial charge in [0.25, 0.3) is 5.91 Å². The number of likely N-dealkylation sites (N-methyl/N-ethyl adjacent to an activating group) is 1. The highest BCUT2D eigenvalue weighted by Gasteiger charge is 2.44. The van der Waals surface area contributed by atoms with Gasteiger partial charge < -0.3 is 24.4 Å². The van der Waals surface area contributed by atoms with Gasteiger partial charge in [-0.05, 0) is 44.0 Å². The Kier molecular flexibility index (Phi) is 8.11. The first kappa shape index (κ1) is 24.3. The number of likely N-dealkylation sites (tertiary alicyclic amines) is 1. The van der Waals surface area contributed by atoms with Gasteiger partial charge >= 0.3 is 0 Å². The number of amides is 1. The highest BCUT2D eigenvalue weighted by Crippen LogP contribution is 2.41. The third-order valence-electron chi connectivity index (χ3n) is 6.07. The SMILES string of the molecule is CCOc1ccc(C2C(=C([O-])c3ccccc3)C(=O)C(=O)N2CC[NH+](CC)CC)cc1OC. The summed E-state index contributed by atoms with van der Waals surface area (Å²) < 4.78 is 11.1. The number of nitrogens with zero attached hydrogens (tertiary/aromatic N) is 1. The van der Waals surface area contributed by atoms with Crippen molar-refractivity contribution in [2.24, 2.45) is 0 Å². The molecule has 1 heterocycles. The molecule has 1 aliphatic rings. The second-order valence-electron chi connectivity index (χ2n) is 7.89. The number of carbonyl (C=O) groups is 2. The van der Waals surface area contributed by atoms with E-state index in [1.807, 2.05) is 6.92 Å².